The van der Waals surface area contributed by atoms with Gasteiger partial charge in [0.15, 0.2) is 0 Å². The Labute approximate surface area is 119 Å². The molecule has 0 aromatic carbocycles. The van der Waals surface area contributed by atoms with Crippen molar-refractivity contribution in [1.82, 2.24) is 10.2 Å². The van der Waals surface area contributed by atoms with Gasteiger partial charge in [-0.05, 0) is 31.9 Å². The SMILES string of the molecule is CC(C)C1C(=O)NC(C)(C)C(=O)N1CCc1ccco1. The minimum absolute atomic E-state index is 0.0395. The zero-order valence-electron chi connectivity index (χ0n) is 12.5. The van der Waals surface area contributed by atoms with Crippen LogP contribution in [-0.4, -0.2) is 34.8 Å². The Kier molecular flexibility index (Phi) is 3.88. The first-order chi connectivity index (χ1) is 9.33. The zero-order chi connectivity index (χ0) is 14.9. The lowest BCUT2D eigenvalue weighted by Gasteiger charge is -2.44. The summed E-state index contributed by atoms with van der Waals surface area (Å²) in [5.74, 6) is 0.780. The van der Waals surface area contributed by atoms with Crippen molar-refractivity contribution in [2.75, 3.05) is 6.54 Å². The number of hydrogen-bond donors (Lipinski definition) is 1. The average molecular weight is 278 g/mol. The smallest absolute Gasteiger partial charge is 0.248 e. The zero-order valence-corrected chi connectivity index (χ0v) is 12.5. The molecule has 1 fully saturated rings. The van der Waals surface area contributed by atoms with Crippen molar-refractivity contribution in [1.29, 1.82) is 0 Å². The van der Waals surface area contributed by atoms with Gasteiger partial charge in [-0.2, -0.15) is 0 Å². The van der Waals surface area contributed by atoms with Crippen LogP contribution in [0.1, 0.15) is 33.5 Å². The normalized spacial score (nSPS) is 22.2. The molecule has 1 aliphatic heterocycles. The number of nitrogens with zero attached hydrogens (tertiary/aromatic N) is 1. The third-order valence-corrected chi connectivity index (χ3v) is 3.65. The molecule has 1 saturated heterocycles. The summed E-state index contributed by atoms with van der Waals surface area (Å²) in [5, 5.41) is 2.81. The van der Waals surface area contributed by atoms with E-state index in [9.17, 15) is 9.59 Å². The third-order valence-electron chi connectivity index (χ3n) is 3.65. The molecule has 1 unspecified atom stereocenters. The summed E-state index contributed by atoms with van der Waals surface area (Å²) in [6, 6.07) is 3.29. The summed E-state index contributed by atoms with van der Waals surface area (Å²) >= 11 is 0. The van der Waals surface area contributed by atoms with Crippen molar-refractivity contribution in [3.05, 3.63) is 24.2 Å². The van der Waals surface area contributed by atoms with Crippen LogP contribution in [0.4, 0.5) is 0 Å². The largest absolute Gasteiger partial charge is 0.469 e. The lowest BCUT2D eigenvalue weighted by molar-refractivity contribution is -0.155. The first kappa shape index (κ1) is 14.6. The molecule has 20 heavy (non-hydrogen) atoms. The van der Waals surface area contributed by atoms with Gasteiger partial charge in [0.1, 0.15) is 17.3 Å². The molecule has 1 aromatic rings. The van der Waals surface area contributed by atoms with E-state index in [4.69, 9.17) is 4.42 Å². The summed E-state index contributed by atoms with van der Waals surface area (Å²) in [5.41, 5.74) is -0.842. The van der Waals surface area contributed by atoms with E-state index in [1.165, 1.54) is 0 Å². The molecule has 2 heterocycles. The van der Waals surface area contributed by atoms with Gasteiger partial charge < -0.3 is 14.6 Å². The number of carbonyl (C=O) groups excluding carboxylic acids is 2. The Balaban J connectivity index is 2.18. The number of carbonyl (C=O) groups is 2. The van der Waals surface area contributed by atoms with Crippen LogP contribution in [0.25, 0.3) is 0 Å². The van der Waals surface area contributed by atoms with Gasteiger partial charge in [-0.15, -0.1) is 0 Å². The van der Waals surface area contributed by atoms with Crippen molar-refractivity contribution in [3.8, 4) is 0 Å². The minimum atomic E-state index is -0.842. The summed E-state index contributed by atoms with van der Waals surface area (Å²) in [4.78, 5) is 26.5. The average Bonchev–Trinajstić information content (AvgIpc) is 2.83. The molecule has 1 N–H and O–H groups in total. The first-order valence-electron chi connectivity index (χ1n) is 6.98. The van der Waals surface area contributed by atoms with Crippen LogP contribution < -0.4 is 5.32 Å². The van der Waals surface area contributed by atoms with Crippen LogP contribution in [0.2, 0.25) is 0 Å². The molecular formula is C15H22N2O3. The molecule has 0 radical (unpaired) electrons. The predicted octanol–water partition coefficient (Wildman–Crippen LogP) is 1.58. The molecule has 2 amide bonds. The molecule has 0 aliphatic carbocycles. The lowest BCUT2D eigenvalue weighted by atomic mass is 9.91. The van der Waals surface area contributed by atoms with Crippen molar-refractivity contribution >= 4 is 11.8 Å². The van der Waals surface area contributed by atoms with E-state index in [0.717, 1.165) is 5.76 Å². The summed E-state index contributed by atoms with van der Waals surface area (Å²) in [6.07, 6.45) is 2.23. The highest BCUT2D eigenvalue weighted by atomic mass is 16.3. The lowest BCUT2D eigenvalue weighted by Crippen LogP contribution is -2.69. The second-order valence-electron chi connectivity index (χ2n) is 6.13. The van der Waals surface area contributed by atoms with Crippen LogP contribution in [0.15, 0.2) is 22.8 Å². The van der Waals surface area contributed by atoms with Gasteiger partial charge in [0.05, 0.1) is 6.26 Å². The van der Waals surface area contributed by atoms with Gasteiger partial charge >= 0.3 is 0 Å². The highest BCUT2D eigenvalue weighted by Crippen LogP contribution is 2.23. The highest BCUT2D eigenvalue weighted by Gasteiger charge is 2.45. The van der Waals surface area contributed by atoms with E-state index in [2.05, 4.69) is 5.32 Å². The number of hydrogen-bond acceptors (Lipinski definition) is 3. The first-order valence-corrected chi connectivity index (χ1v) is 6.98. The summed E-state index contributed by atoms with van der Waals surface area (Å²) in [6.45, 7) is 7.88. The van der Waals surface area contributed by atoms with Gasteiger partial charge in [-0.3, -0.25) is 9.59 Å². The van der Waals surface area contributed by atoms with Crippen LogP contribution >= 0.6 is 0 Å². The fraction of sp³-hybridized carbons (Fsp3) is 0.600. The standard InChI is InChI=1S/C15H22N2O3/c1-10(2)12-13(18)16-15(3,4)14(19)17(12)8-7-11-6-5-9-20-11/h5-6,9-10,12H,7-8H2,1-4H3,(H,16,18). The second-order valence-corrected chi connectivity index (χ2v) is 6.13. The monoisotopic (exact) mass is 278 g/mol. The Morgan fingerprint density at radius 2 is 2.10 bits per heavy atom. The van der Waals surface area contributed by atoms with Crippen molar-refractivity contribution < 1.29 is 14.0 Å². The molecule has 2 rings (SSSR count). The number of nitrogens with one attached hydrogen (secondary N) is 1. The van der Waals surface area contributed by atoms with Gasteiger partial charge in [0.25, 0.3) is 0 Å². The van der Waals surface area contributed by atoms with Gasteiger partial charge in [-0.25, -0.2) is 0 Å². The van der Waals surface area contributed by atoms with E-state index >= 15 is 0 Å². The third kappa shape index (κ3) is 2.71. The molecule has 1 atom stereocenters. The Hall–Kier alpha value is -1.78. The maximum Gasteiger partial charge on any atom is 0.248 e. The van der Waals surface area contributed by atoms with Crippen molar-refractivity contribution in [3.63, 3.8) is 0 Å². The molecule has 0 bridgehead atoms. The number of piperazine rings is 1. The van der Waals surface area contributed by atoms with E-state index in [1.807, 2.05) is 26.0 Å². The van der Waals surface area contributed by atoms with E-state index in [1.54, 1.807) is 25.0 Å². The molecular weight excluding hydrogens is 256 g/mol. The number of rotatable bonds is 4. The Morgan fingerprint density at radius 1 is 1.40 bits per heavy atom. The molecule has 1 aromatic heterocycles. The number of amides is 2. The Bertz CT molecular complexity index is 491. The van der Waals surface area contributed by atoms with Crippen LogP contribution in [0.5, 0.6) is 0 Å². The highest BCUT2D eigenvalue weighted by molar-refractivity contribution is 5.99. The fourth-order valence-corrected chi connectivity index (χ4v) is 2.65. The molecule has 0 spiro atoms. The quantitative estimate of drug-likeness (QED) is 0.909. The van der Waals surface area contributed by atoms with Crippen LogP contribution in [0.3, 0.4) is 0 Å². The molecule has 1 aliphatic rings. The van der Waals surface area contributed by atoms with Crippen molar-refractivity contribution in [2.24, 2.45) is 5.92 Å². The topological polar surface area (TPSA) is 62.6 Å². The van der Waals surface area contributed by atoms with E-state index < -0.39 is 11.6 Å². The summed E-state index contributed by atoms with van der Waals surface area (Å²) in [7, 11) is 0. The van der Waals surface area contributed by atoms with Crippen LogP contribution in [-0.2, 0) is 16.0 Å². The minimum Gasteiger partial charge on any atom is -0.469 e. The molecule has 5 heteroatoms. The molecule has 0 saturated carbocycles. The predicted molar refractivity (Wildman–Crippen MR) is 75.0 cm³/mol. The maximum atomic E-state index is 12.5. The van der Waals surface area contributed by atoms with Crippen molar-refractivity contribution in [2.45, 2.75) is 45.7 Å². The number of furan rings is 1. The van der Waals surface area contributed by atoms with Crippen LogP contribution in [0, 0.1) is 5.92 Å². The van der Waals surface area contributed by atoms with Gasteiger partial charge in [0, 0.05) is 13.0 Å². The van der Waals surface area contributed by atoms with E-state index in [0.29, 0.717) is 13.0 Å². The summed E-state index contributed by atoms with van der Waals surface area (Å²) < 4.78 is 5.30. The van der Waals surface area contributed by atoms with E-state index in [-0.39, 0.29) is 17.7 Å². The molecule has 110 valence electrons. The fourth-order valence-electron chi connectivity index (χ4n) is 2.65. The van der Waals surface area contributed by atoms with Gasteiger partial charge in [0.2, 0.25) is 11.8 Å². The maximum absolute atomic E-state index is 12.5. The van der Waals surface area contributed by atoms with Gasteiger partial charge in [-0.1, -0.05) is 13.8 Å². The second kappa shape index (κ2) is 5.31. The molecule has 5 nitrogen and oxygen atoms in total. The Morgan fingerprint density at radius 3 is 2.65 bits per heavy atom.